The van der Waals surface area contributed by atoms with Crippen molar-refractivity contribution in [1.82, 2.24) is 9.88 Å². The number of hydrogen-bond donors (Lipinski definition) is 1. The Morgan fingerprint density at radius 2 is 1.92 bits per heavy atom. The predicted octanol–water partition coefficient (Wildman–Crippen LogP) is 3.38. The number of amides is 1. The van der Waals surface area contributed by atoms with Gasteiger partial charge in [-0.1, -0.05) is 6.07 Å². The molecule has 0 spiro atoms. The molecule has 0 aliphatic carbocycles. The van der Waals surface area contributed by atoms with Gasteiger partial charge in [0.2, 0.25) is 0 Å². The van der Waals surface area contributed by atoms with E-state index in [-0.39, 0.29) is 22.5 Å². The zero-order valence-electron chi connectivity index (χ0n) is 13.8. The monoisotopic (exact) mass is 363 g/mol. The van der Waals surface area contributed by atoms with E-state index in [1.54, 1.807) is 0 Å². The van der Waals surface area contributed by atoms with E-state index in [1.165, 1.54) is 18.2 Å². The number of carbonyl (C=O) groups excluding carboxylic acids is 1. The second-order valence-corrected chi connectivity index (χ2v) is 7.83. The zero-order valence-corrected chi connectivity index (χ0v) is 14.7. The Labute approximate surface area is 148 Å². The van der Waals surface area contributed by atoms with Gasteiger partial charge in [0.05, 0.1) is 11.3 Å². The number of benzene rings is 1. The van der Waals surface area contributed by atoms with Crippen molar-refractivity contribution < 1.29 is 13.6 Å². The lowest BCUT2D eigenvalue weighted by Gasteiger charge is -2.49. The molecule has 25 heavy (non-hydrogen) atoms. The van der Waals surface area contributed by atoms with Crippen LogP contribution in [0.5, 0.6) is 0 Å². The number of carbonyl (C=O) groups is 1. The standard InChI is InChI=1S/C18H19F2N3OS/c1-9-13(10-5-7-23(9)8-6-10)15-16(17(21)24)25-18(22-15)14-11(19)3-2-4-12(14)20/h2-4,9-10,13H,5-8H2,1H3,(H2,21,24)/t9-,13-/m0/s1. The third-order valence-corrected chi connectivity index (χ3v) is 6.65. The smallest absolute Gasteiger partial charge is 0.260 e. The van der Waals surface area contributed by atoms with Gasteiger partial charge < -0.3 is 5.73 Å². The lowest BCUT2D eigenvalue weighted by atomic mass is 9.72. The Morgan fingerprint density at radius 1 is 1.28 bits per heavy atom. The summed E-state index contributed by atoms with van der Waals surface area (Å²) in [5.41, 5.74) is 5.99. The van der Waals surface area contributed by atoms with Gasteiger partial charge in [-0.15, -0.1) is 11.3 Å². The third-order valence-electron chi connectivity index (χ3n) is 5.55. The fraction of sp³-hybridized carbons (Fsp3) is 0.444. The molecule has 3 fully saturated rings. The quantitative estimate of drug-likeness (QED) is 0.909. The Morgan fingerprint density at radius 3 is 2.48 bits per heavy atom. The average molecular weight is 363 g/mol. The summed E-state index contributed by atoms with van der Waals surface area (Å²) in [5.74, 6) is -1.45. The molecule has 2 atom stereocenters. The highest BCUT2D eigenvalue weighted by atomic mass is 32.1. The summed E-state index contributed by atoms with van der Waals surface area (Å²) in [6.07, 6.45) is 2.10. The van der Waals surface area contributed by atoms with Crippen LogP contribution in [-0.2, 0) is 0 Å². The minimum Gasteiger partial charge on any atom is -0.365 e. The van der Waals surface area contributed by atoms with Gasteiger partial charge in [0.25, 0.3) is 5.91 Å². The van der Waals surface area contributed by atoms with Gasteiger partial charge >= 0.3 is 0 Å². The van der Waals surface area contributed by atoms with Crippen LogP contribution in [0.15, 0.2) is 18.2 Å². The number of primary amides is 1. The molecule has 1 aromatic carbocycles. The van der Waals surface area contributed by atoms with Gasteiger partial charge in [0.15, 0.2) is 0 Å². The molecule has 2 aromatic rings. The van der Waals surface area contributed by atoms with Crippen molar-refractivity contribution in [1.29, 1.82) is 0 Å². The molecule has 0 saturated carbocycles. The molecule has 5 rings (SSSR count). The third kappa shape index (κ3) is 2.66. The van der Waals surface area contributed by atoms with E-state index in [9.17, 15) is 13.6 Å². The maximum Gasteiger partial charge on any atom is 0.260 e. The Bertz CT molecular complexity index is 807. The number of piperidine rings is 3. The topological polar surface area (TPSA) is 59.2 Å². The molecule has 1 aromatic heterocycles. The van der Waals surface area contributed by atoms with Gasteiger partial charge in [0, 0.05) is 12.0 Å². The summed E-state index contributed by atoms with van der Waals surface area (Å²) < 4.78 is 28.3. The fourth-order valence-electron chi connectivity index (χ4n) is 4.30. The molecule has 0 unspecified atom stereocenters. The first-order valence-electron chi connectivity index (χ1n) is 8.46. The molecule has 7 heteroatoms. The van der Waals surface area contributed by atoms with E-state index in [4.69, 9.17) is 5.73 Å². The van der Waals surface area contributed by atoms with Crippen LogP contribution in [0.1, 0.15) is 41.0 Å². The van der Waals surface area contributed by atoms with E-state index >= 15 is 0 Å². The molecule has 4 heterocycles. The maximum atomic E-state index is 14.1. The fourth-order valence-corrected chi connectivity index (χ4v) is 5.32. The number of rotatable bonds is 3. The van der Waals surface area contributed by atoms with Gasteiger partial charge in [-0.05, 0) is 50.9 Å². The number of nitrogens with zero attached hydrogens (tertiary/aromatic N) is 2. The number of thiazole rings is 1. The molecule has 132 valence electrons. The normalized spacial score (nSPS) is 28.3. The number of fused-ring (bicyclic) bond motifs is 3. The Kier molecular flexibility index (Phi) is 4.08. The molecule has 3 aliphatic rings. The van der Waals surface area contributed by atoms with Crippen molar-refractivity contribution in [3.8, 4) is 10.6 Å². The lowest BCUT2D eigenvalue weighted by Crippen LogP contribution is -2.52. The van der Waals surface area contributed by atoms with E-state index < -0.39 is 17.5 Å². The van der Waals surface area contributed by atoms with Crippen LogP contribution in [0, 0.1) is 17.6 Å². The summed E-state index contributed by atoms with van der Waals surface area (Å²) >= 11 is 0.988. The minimum atomic E-state index is -0.682. The molecular formula is C18H19F2N3OS. The van der Waals surface area contributed by atoms with Gasteiger partial charge in [-0.25, -0.2) is 13.8 Å². The van der Waals surface area contributed by atoms with E-state index in [1.807, 2.05) is 0 Å². The molecule has 1 amide bonds. The SMILES string of the molecule is C[C@H]1[C@H](c2nc(-c3c(F)cccc3F)sc2C(N)=O)C2CCN1CC2. The number of halogens is 2. The van der Waals surface area contributed by atoms with Gasteiger partial charge in [0.1, 0.15) is 21.5 Å². The van der Waals surface area contributed by atoms with Crippen molar-refractivity contribution in [3.05, 3.63) is 40.4 Å². The summed E-state index contributed by atoms with van der Waals surface area (Å²) in [5, 5.41) is 0.183. The summed E-state index contributed by atoms with van der Waals surface area (Å²) in [6.45, 7) is 4.23. The average Bonchev–Trinajstić information content (AvgIpc) is 3.00. The Hall–Kier alpha value is -1.86. The van der Waals surface area contributed by atoms with Gasteiger partial charge in [-0.2, -0.15) is 0 Å². The Balaban J connectivity index is 1.84. The number of hydrogen-bond acceptors (Lipinski definition) is 4. The van der Waals surface area contributed by atoms with E-state index in [0.717, 1.165) is 37.3 Å². The first kappa shape index (κ1) is 16.6. The summed E-state index contributed by atoms with van der Waals surface area (Å²) in [4.78, 5) is 19.2. The number of aromatic nitrogens is 1. The second kappa shape index (κ2) is 6.14. The molecule has 0 radical (unpaired) electrons. The van der Waals surface area contributed by atoms with E-state index in [2.05, 4.69) is 16.8 Å². The lowest BCUT2D eigenvalue weighted by molar-refractivity contribution is 0.0334. The largest absolute Gasteiger partial charge is 0.365 e. The van der Waals surface area contributed by atoms with Gasteiger partial charge in [-0.3, -0.25) is 9.69 Å². The highest BCUT2D eigenvalue weighted by Crippen LogP contribution is 2.46. The first-order chi connectivity index (χ1) is 12.0. The molecule has 3 aliphatic heterocycles. The van der Waals surface area contributed by atoms with E-state index in [0.29, 0.717) is 16.5 Å². The highest BCUT2D eigenvalue weighted by molar-refractivity contribution is 7.17. The summed E-state index contributed by atoms with van der Waals surface area (Å²) in [7, 11) is 0. The molecule has 2 bridgehead atoms. The van der Waals surface area contributed by atoms with Crippen molar-refractivity contribution in [2.75, 3.05) is 13.1 Å². The van der Waals surface area contributed by atoms with Crippen LogP contribution < -0.4 is 5.73 Å². The zero-order chi connectivity index (χ0) is 17.7. The minimum absolute atomic E-state index is 0.0739. The van der Waals surface area contributed by atoms with Crippen molar-refractivity contribution in [3.63, 3.8) is 0 Å². The van der Waals surface area contributed by atoms with Crippen LogP contribution >= 0.6 is 11.3 Å². The predicted molar refractivity (Wildman–Crippen MR) is 92.5 cm³/mol. The molecule has 4 nitrogen and oxygen atoms in total. The maximum absolute atomic E-state index is 14.1. The second-order valence-electron chi connectivity index (χ2n) is 6.83. The highest BCUT2D eigenvalue weighted by Gasteiger charge is 2.43. The number of nitrogens with two attached hydrogens (primary N) is 1. The summed E-state index contributed by atoms with van der Waals surface area (Å²) in [6, 6.07) is 3.94. The van der Waals surface area contributed by atoms with Crippen LogP contribution in [-0.4, -0.2) is 34.9 Å². The van der Waals surface area contributed by atoms with Crippen LogP contribution in [0.4, 0.5) is 8.78 Å². The molecule has 3 saturated heterocycles. The van der Waals surface area contributed by atoms with Crippen LogP contribution in [0.3, 0.4) is 0 Å². The van der Waals surface area contributed by atoms with Crippen LogP contribution in [0.25, 0.3) is 10.6 Å². The molecule has 2 N–H and O–H groups in total. The first-order valence-corrected chi connectivity index (χ1v) is 9.28. The van der Waals surface area contributed by atoms with Crippen molar-refractivity contribution >= 4 is 17.2 Å². The van der Waals surface area contributed by atoms with Crippen molar-refractivity contribution in [2.24, 2.45) is 11.7 Å². The van der Waals surface area contributed by atoms with Crippen molar-refractivity contribution in [2.45, 2.75) is 31.7 Å². The molecular weight excluding hydrogens is 344 g/mol. The van der Waals surface area contributed by atoms with Crippen LogP contribution in [0.2, 0.25) is 0 Å².